The van der Waals surface area contributed by atoms with Crippen LogP contribution in [0.4, 0.5) is 5.82 Å². The van der Waals surface area contributed by atoms with Crippen LogP contribution in [-0.2, 0) is 11.2 Å². The lowest BCUT2D eigenvalue weighted by Gasteiger charge is -2.12. The minimum absolute atomic E-state index is 0. The highest BCUT2D eigenvalue weighted by Gasteiger charge is 2.06. The highest BCUT2D eigenvalue weighted by atomic mass is 127. The van der Waals surface area contributed by atoms with Crippen molar-refractivity contribution in [1.82, 2.24) is 20.6 Å². The van der Waals surface area contributed by atoms with Gasteiger partial charge in [0.05, 0.1) is 0 Å². The molecule has 0 aliphatic carbocycles. The Balaban J connectivity index is 0.00000320. The number of halogens is 1. The van der Waals surface area contributed by atoms with E-state index in [-0.39, 0.29) is 29.9 Å². The van der Waals surface area contributed by atoms with E-state index in [1.807, 2.05) is 19.1 Å². The topological polar surface area (TPSA) is 94.2 Å². The van der Waals surface area contributed by atoms with Crippen LogP contribution < -0.4 is 16.0 Å². The zero-order valence-electron chi connectivity index (χ0n) is 17.6. The summed E-state index contributed by atoms with van der Waals surface area (Å²) >= 11 is 0. The number of pyridine rings is 1. The second kappa shape index (κ2) is 11.5. The molecule has 2 heterocycles. The molecule has 0 spiro atoms. The van der Waals surface area contributed by atoms with Crippen molar-refractivity contribution in [3.8, 4) is 0 Å². The first-order valence-corrected chi connectivity index (χ1v) is 9.80. The third-order valence-corrected chi connectivity index (χ3v) is 4.63. The van der Waals surface area contributed by atoms with Gasteiger partial charge >= 0.3 is 0 Å². The summed E-state index contributed by atoms with van der Waals surface area (Å²) in [6, 6.07) is 12.0. The zero-order chi connectivity index (χ0) is 20.6. The number of H-pyrrole nitrogens is 1. The summed E-state index contributed by atoms with van der Waals surface area (Å²) in [5.41, 5.74) is 4.55. The average molecular weight is 520 g/mol. The SMILES string of the molecule is CN=C(NCCC(=O)Nc1cccc(C)n1)NCCc1c[nH]c2cc(C)ccc12.I. The number of carbonyl (C=O) groups is 1. The van der Waals surface area contributed by atoms with Crippen LogP contribution in [0.1, 0.15) is 23.2 Å². The molecule has 1 amide bonds. The van der Waals surface area contributed by atoms with E-state index in [4.69, 9.17) is 0 Å². The Morgan fingerprint density at radius 1 is 1.13 bits per heavy atom. The van der Waals surface area contributed by atoms with Crippen LogP contribution in [0.25, 0.3) is 10.9 Å². The number of amides is 1. The number of aromatic amines is 1. The lowest BCUT2D eigenvalue weighted by molar-refractivity contribution is -0.116. The number of nitrogens with zero attached hydrogens (tertiary/aromatic N) is 2. The van der Waals surface area contributed by atoms with E-state index < -0.39 is 0 Å². The lowest BCUT2D eigenvalue weighted by atomic mass is 10.1. The highest BCUT2D eigenvalue weighted by Crippen LogP contribution is 2.19. The number of aliphatic imine (C=N–C) groups is 1. The fraction of sp³-hybridized carbons (Fsp3) is 0.318. The molecule has 3 rings (SSSR count). The van der Waals surface area contributed by atoms with Gasteiger partial charge in [0.2, 0.25) is 5.91 Å². The van der Waals surface area contributed by atoms with Gasteiger partial charge in [-0.15, -0.1) is 24.0 Å². The molecular formula is C22H29IN6O. The van der Waals surface area contributed by atoms with Crippen LogP contribution in [0, 0.1) is 13.8 Å². The molecule has 3 aromatic rings. The van der Waals surface area contributed by atoms with Gasteiger partial charge in [0.15, 0.2) is 5.96 Å². The van der Waals surface area contributed by atoms with E-state index in [9.17, 15) is 4.79 Å². The number of benzene rings is 1. The van der Waals surface area contributed by atoms with Crippen molar-refractivity contribution in [1.29, 1.82) is 0 Å². The Bertz CT molecular complexity index is 1010. The van der Waals surface area contributed by atoms with E-state index in [1.54, 1.807) is 13.1 Å². The van der Waals surface area contributed by atoms with Crippen LogP contribution in [0.2, 0.25) is 0 Å². The average Bonchev–Trinajstić information content (AvgIpc) is 3.08. The van der Waals surface area contributed by atoms with Gasteiger partial charge in [-0.3, -0.25) is 9.79 Å². The van der Waals surface area contributed by atoms with Gasteiger partial charge in [0.1, 0.15) is 5.82 Å². The van der Waals surface area contributed by atoms with Crippen molar-refractivity contribution in [2.24, 2.45) is 4.99 Å². The molecular weight excluding hydrogens is 491 g/mol. The summed E-state index contributed by atoms with van der Waals surface area (Å²) in [5, 5.41) is 10.5. The summed E-state index contributed by atoms with van der Waals surface area (Å²) in [5.74, 6) is 1.17. The molecule has 4 N–H and O–H groups in total. The van der Waals surface area contributed by atoms with Gasteiger partial charge in [-0.25, -0.2) is 4.98 Å². The smallest absolute Gasteiger partial charge is 0.227 e. The Labute approximate surface area is 194 Å². The summed E-state index contributed by atoms with van der Waals surface area (Å²) in [4.78, 5) is 23.9. The van der Waals surface area contributed by atoms with E-state index in [0.29, 0.717) is 24.7 Å². The van der Waals surface area contributed by atoms with Crippen molar-refractivity contribution < 1.29 is 4.79 Å². The molecule has 2 aromatic heterocycles. The van der Waals surface area contributed by atoms with Crippen LogP contribution in [0.5, 0.6) is 0 Å². The van der Waals surface area contributed by atoms with Crippen LogP contribution in [0.3, 0.4) is 0 Å². The van der Waals surface area contributed by atoms with Gasteiger partial charge in [-0.2, -0.15) is 0 Å². The predicted octanol–water partition coefficient (Wildman–Crippen LogP) is 3.53. The molecule has 8 heteroatoms. The third kappa shape index (κ3) is 6.72. The Hall–Kier alpha value is -2.62. The minimum Gasteiger partial charge on any atom is -0.361 e. The Morgan fingerprint density at radius 2 is 1.93 bits per heavy atom. The molecule has 0 bridgehead atoms. The minimum atomic E-state index is -0.0832. The maximum atomic E-state index is 12.1. The Morgan fingerprint density at radius 3 is 2.70 bits per heavy atom. The number of hydrogen-bond donors (Lipinski definition) is 4. The predicted molar refractivity (Wildman–Crippen MR) is 134 cm³/mol. The molecule has 1 aromatic carbocycles. The molecule has 30 heavy (non-hydrogen) atoms. The molecule has 0 aliphatic heterocycles. The fourth-order valence-electron chi connectivity index (χ4n) is 3.16. The lowest BCUT2D eigenvalue weighted by Crippen LogP contribution is -2.39. The van der Waals surface area contributed by atoms with Gasteiger partial charge < -0.3 is 20.9 Å². The molecule has 0 radical (unpaired) electrons. The number of rotatable bonds is 7. The van der Waals surface area contributed by atoms with Gasteiger partial charge in [0.25, 0.3) is 0 Å². The summed E-state index contributed by atoms with van der Waals surface area (Å²) in [6.07, 6.45) is 3.27. The quantitative estimate of drug-likeness (QED) is 0.218. The van der Waals surface area contributed by atoms with Crippen LogP contribution >= 0.6 is 24.0 Å². The van der Waals surface area contributed by atoms with E-state index in [1.165, 1.54) is 16.5 Å². The second-order valence-electron chi connectivity index (χ2n) is 7.00. The van der Waals surface area contributed by atoms with Gasteiger partial charge in [-0.05, 0) is 49.6 Å². The second-order valence-corrected chi connectivity index (χ2v) is 7.00. The molecule has 0 atom stereocenters. The number of hydrogen-bond acceptors (Lipinski definition) is 3. The van der Waals surface area contributed by atoms with Crippen LogP contribution in [-0.4, -0.2) is 42.0 Å². The first-order chi connectivity index (χ1) is 14.0. The standard InChI is InChI=1S/C22H28N6O.HI/c1-15-7-8-18-17(14-26-19(18)13-15)9-11-24-22(23-3)25-12-10-21(29)28-20-6-4-5-16(2)27-20;/h4-8,13-14,26H,9-12H2,1-3H3,(H2,23,24,25)(H,27,28,29);1H. The molecule has 160 valence electrons. The maximum absolute atomic E-state index is 12.1. The van der Waals surface area contributed by atoms with Crippen molar-refractivity contribution in [2.75, 3.05) is 25.5 Å². The number of anilines is 1. The summed E-state index contributed by atoms with van der Waals surface area (Å²) in [6.45, 7) is 5.22. The van der Waals surface area contributed by atoms with Crippen LogP contribution in [0.15, 0.2) is 47.6 Å². The van der Waals surface area contributed by atoms with E-state index >= 15 is 0 Å². The van der Waals surface area contributed by atoms with E-state index in [0.717, 1.165) is 24.2 Å². The Kier molecular flexibility index (Phi) is 9.10. The number of nitrogens with one attached hydrogen (secondary N) is 4. The van der Waals surface area contributed by atoms with Crippen molar-refractivity contribution >= 4 is 52.6 Å². The zero-order valence-corrected chi connectivity index (χ0v) is 19.9. The first-order valence-electron chi connectivity index (χ1n) is 9.80. The molecule has 7 nitrogen and oxygen atoms in total. The van der Waals surface area contributed by atoms with Gasteiger partial charge in [0, 0.05) is 49.4 Å². The number of carbonyl (C=O) groups excluding carboxylic acids is 1. The third-order valence-electron chi connectivity index (χ3n) is 4.63. The van der Waals surface area contributed by atoms with Crippen molar-refractivity contribution in [3.63, 3.8) is 0 Å². The first kappa shape index (κ1) is 23.7. The number of aromatic nitrogens is 2. The molecule has 0 fully saturated rings. The fourth-order valence-corrected chi connectivity index (χ4v) is 3.16. The normalized spacial score (nSPS) is 11.1. The van der Waals surface area contributed by atoms with Crippen molar-refractivity contribution in [3.05, 3.63) is 59.4 Å². The summed E-state index contributed by atoms with van der Waals surface area (Å²) in [7, 11) is 1.72. The maximum Gasteiger partial charge on any atom is 0.227 e. The van der Waals surface area contributed by atoms with Gasteiger partial charge in [-0.1, -0.05) is 18.2 Å². The number of guanidine groups is 1. The van der Waals surface area contributed by atoms with E-state index in [2.05, 4.69) is 62.2 Å². The number of aryl methyl sites for hydroxylation is 2. The number of fused-ring (bicyclic) bond motifs is 1. The molecule has 0 saturated carbocycles. The molecule has 0 saturated heterocycles. The largest absolute Gasteiger partial charge is 0.361 e. The highest BCUT2D eigenvalue weighted by molar-refractivity contribution is 14.0. The van der Waals surface area contributed by atoms with Crippen molar-refractivity contribution in [2.45, 2.75) is 26.7 Å². The molecule has 0 aliphatic rings. The summed E-state index contributed by atoms with van der Waals surface area (Å²) < 4.78 is 0. The monoisotopic (exact) mass is 520 g/mol. The molecule has 0 unspecified atom stereocenters.